The van der Waals surface area contributed by atoms with E-state index in [1.165, 1.54) is 24.9 Å². The molecule has 6 nitrogen and oxygen atoms in total. The number of carbonyl (C=O) groups excluding carboxylic acids is 1. The molecule has 0 aliphatic carbocycles. The van der Waals surface area contributed by atoms with Crippen molar-refractivity contribution in [3.05, 3.63) is 69.8 Å². The second-order valence-corrected chi connectivity index (χ2v) is 8.66. The summed E-state index contributed by atoms with van der Waals surface area (Å²) in [5.41, 5.74) is 3.58. The van der Waals surface area contributed by atoms with Gasteiger partial charge < -0.3 is 9.80 Å². The number of rotatable bonds is 4. The van der Waals surface area contributed by atoms with Crippen LogP contribution in [0.15, 0.2) is 47.3 Å². The molecule has 3 aromatic rings. The molecule has 3 heterocycles. The Bertz CT molecular complexity index is 1190. The minimum Gasteiger partial charge on any atom is -0.371 e. The van der Waals surface area contributed by atoms with Crippen LogP contribution in [0, 0.1) is 0 Å². The molecule has 1 saturated heterocycles. The molecule has 160 valence electrons. The zero-order valence-electron chi connectivity index (χ0n) is 18.0. The molecule has 0 saturated carbocycles. The summed E-state index contributed by atoms with van der Waals surface area (Å²) in [6.07, 6.45) is 5.49. The molecule has 0 unspecified atom stereocenters. The standard InChI is InChI=1S/C25H28N4O2/c1-27(17-19-8-3-4-9-22(19)28-13-5-2-6-14-28)24(30)18-11-12-20-21(16-18)26-23-10-7-15-29(23)25(20)31/h3-4,8-9,11-12,16H,2,5-7,10,13-15,17H2,1H3. The van der Waals surface area contributed by atoms with E-state index in [0.29, 0.717) is 23.0 Å². The number of benzene rings is 2. The lowest BCUT2D eigenvalue weighted by Crippen LogP contribution is -2.32. The predicted octanol–water partition coefficient (Wildman–Crippen LogP) is 3.61. The van der Waals surface area contributed by atoms with E-state index in [4.69, 9.17) is 0 Å². The van der Waals surface area contributed by atoms with Crippen molar-refractivity contribution in [1.29, 1.82) is 0 Å². The summed E-state index contributed by atoms with van der Waals surface area (Å²) in [5.74, 6) is 0.767. The highest BCUT2D eigenvalue weighted by Gasteiger charge is 2.20. The molecular weight excluding hydrogens is 388 g/mol. The van der Waals surface area contributed by atoms with Crippen molar-refractivity contribution in [2.75, 3.05) is 25.0 Å². The van der Waals surface area contributed by atoms with Gasteiger partial charge in [-0.05, 0) is 55.5 Å². The first-order valence-electron chi connectivity index (χ1n) is 11.2. The Balaban J connectivity index is 1.40. The molecule has 31 heavy (non-hydrogen) atoms. The van der Waals surface area contributed by atoms with Gasteiger partial charge in [0, 0.05) is 50.9 Å². The molecule has 0 N–H and O–H groups in total. The van der Waals surface area contributed by atoms with Crippen LogP contribution in [0.1, 0.15) is 47.4 Å². The summed E-state index contributed by atoms with van der Waals surface area (Å²) in [7, 11) is 1.84. The molecule has 1 fully saturated rings. The Labute approximate surface area is 182 Å². The molecule has 2 aromatic carbocycles. The summed E-state index contributed by atoms with van der Waals surface area (Å²) in [5, 5.41) is 0.584. The van der Waals surface area contributed by atoms with Gasteiger partial charge in [0.2, 0.25) is 0 Å². The number of anilines is 1. The van der Waals surface area contributed by atoms with Crippen LogP contribution in [0.25, 0.3) is 10.9 Å². The molecule has 0 radical (unpaired) electrons. The van der Waals surface area contributed by atoms with Crippen LogP contribution in [0.3, 0.4) is 0 Å². The Morgan fingerprint density at radius 2 is 1.84 bits per heavy atom. The van der Waals surface area contributed by atoms with E-state index in [0.717, 1.165) is 43.9 Å². The third-order valence-electron chi connectivity index (χ3n) is 6.51. The third kappa shape index (κ3) is 3.71. The lowest BCUT2D eigenvalue weighted by atomic mass is 10.1. The third-order valence-corrected chi connectivity index (χ3v) is 6.51. The fourth-order valence-electron chi connectivity index (χ4n) is 4.85. The van der Waals surface area contributed by atoms with Crippen LogP contribution in [0.2, 0.25) is 0 Å². The van der Waals surface area contributed by atoms with Crippen LogP contribution in [0.4, 0.5) is 5.69 Å². The highest BCUT2D eigenvalue weighted by atomic mass is 16.2. The van der Waals surface area contributed by atoms with Gasteiger partial charge in [0.25, 0.3) is 11.5 Å². The number of amides is 1. The second-order valence-electron chi connectivity index (χ2n) is 8.66. The monoisotopic (exact) mass is 416 g/mol. The Morgan fingerprint density at radius 1 is 1.03 bits per heavy atom. The van der Waals surface area contributed by atoms with E-state index in [1.807, 2.05) is 13.1 Å². The number of carbonyl (C=O) groups is 1. The first-order valence-corrected chi connectivity index (χ1v) is 11.2. The molecule has 1 aromatic heterocycles. The van der Waals surface area contributed by atoms with Gasteiger partial charge in [0.15, 0.2) is 0 Å². The Morgan fingerprint density at radius 3 is 2.68 bits per heavy atom. The van der Waals surface area contributed by atoms with E-state index in [9.17, 15) is 9.59 Å². The SMILES string of the molecule is CN(Cc1ccccc1N1CCCCC1)C(=O)c1ccc2c(=O)n3c(nc2c1)CCC3. The normalized spacial score (nSPS) is 15.8. The van der Waals surface area contributed by atoms with Gasteiger partial charge in [0.05, 0.1) is 10.9 Å². The maximum atomic E-state index is 13.2. The van der Waals surface area contributed by atoms with Crippen molar-refractivity contribution in [1.82, 2.24) is 14.5 Å². The summed E-state index contributed by atoms with van der Waals surface area (Å²) in [6, 6.07) is 13.6. The first-order chi connectivity index (χ1) is 15.1. The zero-order valence-corrected chi connectivity index (χ0v) is 18.0. The quantitative estimate of drug-likeness (QED) is 0.652. The molecule has 2 aliphatic heterocycles. The number of aromatic nitrogens is 2. The van der Waals surface area contributed by atoms with E-state index in [-0.39, 0.29) is 11.5 Å². The van der Waals surface area contributed by atoms with Crippen molar-refractivity contribution >= 4 is 22.5 Å². The van der Waals surface area contributed by atoms with Gasteiger partial charge in [-0.1, -0.05) is 18.2 Å². The number of hydrogen-bond acceptors (Lipinski definition) is 4. The molecule has 6 heteroatoms. The number of fused-ring (bicyclic) bond motifs is 2. The average molecular weight is 417 g/mol. The molecule has 1 amide bonds. The molecule has 0 atom stereocenters. The van der Waals surface area contributed by atoms with Gasteiger partial charge in [-0.3, -0.25) is 14.2 Å². The lowest BCUT2D eigenvalue weighted by Gasteiger charge is -2.31. The minimum atomic E-state index is -0.0576. The van der Waals surface area contributed by atoms with E-state index >= 15 is 0 Å². The lowest BCUT2D eigenvalue weighted by molar-refractivity contribution is 0.0785. The van der Waals surface area contributed by atoms with E-state index < -0.39 is 0 Å². The van der Waals surface area contributed by atoms with Crippen LogP contribution in [-0.2, 0) is 19.5 Å². The number of hydrogen-bond donors (Lipinski definition) is 0. The Kier molecular flexibility index (Phi) is 5.22. The van der Waals surface area contributed by atoms with Gasteiger partial charge in [-0.25, -0.2) is 4.98 Å². The van der Waals surface area contributed by atoms with Crippen LogP contribution < -0.4 is 10.5 Å². The van der Waals surface area contributed by atoms with E-state index in [1.54, 1.807) is 27.7 Å². The highest BCUT2D eigenvalue weighted by Crippen LogP contribution is 2.25. The summed E-state index contributed by atoms with van der Waals surface area (Å²) < 4.78 is 1.76. The zero-order chi connectivity index (χ0) is 21.4. The van der Waals surface area contributed by atoms with Crippen LogP contribution in [-0.4, -0.2) is 40.5 Å². The fraction of sp³-hybridized carbons (Fsp3) is 0.400. The summed E-state index contributed by atoms with van der Waals surface area (Å²) in [6.45, 7) is 3.43. The first kappa shape index (κ1) is 19.8. The van der Waals surface area contributed by atoms with Gasteiger partial charge in [-0.2, -0.15) is 0 Å². The summed E-state index contributed by atoms with van der Waals surface area (Å²) >= 11 is 0. The number of piperidine rings is 1. The summed E-state index contributed by atoms with van der Waals surface area (Å²) in [4.78, 5) is 34.7. The largest absolute Gasteiger partial charge is 0.371 e. The van der Waals surface area contributed by atoms with Crippen molar-refractivity contribution in [3.8, 4) is 0 Å². The predicted molar refractivity (Wildman–Crippen MR) is 123 cm³/mol. The number of nitrogens with zero attached hydrogens (tertiary/aromatic N) is 4. The molecule has 0 spiro atoms. The van der Waals surface area contributed by atoms with Crippen molar-refractivity contribution in [2.24, 2.45) is 0 Å². The maximum absolute atomic E-state index is 13.2. The minimum absolute atomic E-state index is 0.000289. The van der Waals surface area contributed by atoms with Crippen molar-refractivity contribution in [3.63, 3.8) is 0 Å². The topological polar surface area (TPSA) is 58.4 Å². The average Bonchev–Trinajstić information content (AvgIpc) is 3.28. The smallest absolute Gasteiger partial charge is 0.261 e. The molecule has 0 bridgehead atoms. The van der Waals surface area contributed by atoms with E-state index in [2.05, 4.69) is 28.1 Å². The fourth-order valence-corrected chi connectivity index (χ4v) is 4.85. The van der Waals surface area contributed by atoms with Gasteiger partial charge in [0.1, 0.15) is 5.82 Å². The highest BCUT2D eigenvalue weighted by molar-refractivity contribution is 5.97. The van der Waals surface area contributed by atoms with Crippen LogP contribution in [0.5, 0.6) is 0 Å². The van der Waals surface area contributed by atoms with Crippen molar-refractivity contribution in [2.45, 2.75) is 45.2 Å². The van der Waals surface area contributed by atoms with Crippen LogP contribution >= 0.6 is 0 Å². The maximum Gasteiger partial charge on any atom is 0.261 e. The molecule has 5 rings (SSSR count). The molecular formula is C25H28N4O2. The number of para-hydroxylation sites is 1. The number of aryl methyl sites for hydroxylation is 1. The second kappa shape index (κ2) is 8.17. The van der Waals surface area contributed by atoms with Gasteiger partial charge in [-0.15, -0.1) is 0 Å². The molecule has 2 aliphatic rings. The van der Waals surface area contributed by atoms with Crippen molar-refractivity contribution < 1.29 is 4.79 Å². The van der Waals surface area contributed by atoms with Gasteiger partial charge >= 0.3 is 0 Å². The Hall–Kier alpha value is -3.15.